The maximum absolute atomic E-state index is 12.8. The van der Waals surface area contributed by atoms with E-state index in [2.05, 4.69) is 6.92 Å². The smallest absolute Gasteiger partial charge is 0.246 e. The van der Waals surface area contributed by atoms with Crippen LogP contribution in [0.25, 0.3) is 0 Å². The maximum atomic E-state index is 12.8. The van der Waals surface area contributed by atoms with Crippen molar-refractivity contribution >= 4 is 39.1 Å². The summed E-state index contributed by atoms with van der Waals surface area (Å²) in [6.45, 7) is 3.39. The van der Waals surface area contributed by atoms with E-state index in [1.54, 1.807) is 11.0 Å². The summed E-state index contributed by atoms with van der Waals surface area (Å²) >= 11 is 12.0. The quantitative estimate of drug-likeness (QED) is 0.813. The van der Waals surface area contributed by atoms with Crippen molar-refractivity contribution in [3.05, 3.63) is 28.2 Å². The van der Waals surface area contributed by atoms with Gasteiger partial charge < -0.3 is 4.90 Å². The van der Waals surface area contributed by atoms with Gasteiger partial charge in [0.2, 0.25) is 15.9 Å². The van der Waals surface area contributed by atoms with E-state index in [-0.39, 0.29) is 39.9 Å². The fourth-order valence-electron chi connectivity index (χ4n) is 2.91. The minimum atomic E-state index is -3.76. The van der Waals surface area contributed by atoms with Crippen molar-refractivity contribution < 1.29 is 13.2 Å². The lowest BCUT2D eigenvalue weighted by atomic mass is 10.2. The molecule has 0 spiro atoms. The van der Waals surface area contributed by atoms with Crippen LogP contribution in [0.2, 0.25) is 10.0 Å². The number of hydrogen-bond acceptors (Lipinski definition) is 3. The van der Waals surface area contributed by atoms with Gasteiger partial charge in [-0.3, -0.25) is 4.79 Å². The van der Waals surface area contributed by atoms with Crippen molar-refractivity contribution in [2.24, 2.45) is 11.8 Å². The molecule has 2 fully saturated rings. The molecule has 23 heavy (non-hydrogen) atoms. The molecule has 1 aliphatic heterocycles. The van der Waals surface area contributed by atoms with E-state index in [9.17, 15) is 13.2 Å². The number of carbonyl (C=O) groups excluding carboxylic acids is 1. The Kier molecular flexibility index (Phi) is 4.62. The highest BCUT2D eigenvalue weighted by molar-refractivity contribution is 7.89. The third kappa shape index (κ3) is 3.22. The molecule has 0 unspecified atom stereocenters. The molecule has 1 heterocycles. The predicted molar refractivity (Wildman–Crippen MR) is 89.1 cm³/mol. The summed E-state index contributed by atoms with van der Waals surface area (Å²) in [4.78, 5) is 13.9. The van der Waals surface area contributed by atoms with Crippen molar-refractivity contribution in [3.8, 4) is 0 Å². The number of benzene rings is 1. The van der Waals surface area contributed by atoms with Gasteiger partial charge in [0.1, 0.15) is 4.90 Å². The molecule has 1 amide bonds. The molecule has 1 saturated carbocycles. The molecule has 0 aromatic heterocycles. The molecular formula is C15H18Cl2N2O3S. The van der Waals surface area contributed by atoms with Crippen LogP contribution in [0.4, 0.5) is 0 Å². The summed E-state index contributed by atoms with van der Waals surface area (Å²) in [5, 5.41) is 0.227. The predicted octanol–water partition coefficient (Wildman–Crippen LogP) is 2.48. The zero-order chi connectivity index (χ0) is 16.8. The van der Waals surface area contributed by atoms with E-state index in [4.69, 9.17) is 23.2 Å². The Morgan fingerprint density at radius 1 is 1.13 bits per heavy atom. The average Bonchev–Trinajstić information content (AvgIpc) is 3.23. The third-order valence-corrected chi connectivity index (χ3v) is 7.35. The molecule has 3 rings (SSSR count). The van der Waals surface area contributed by atoms with Gasteiger partial charge in [-0.1, -0.05) is 36.2 Å². The van der Waals surface area contributed by atoms with Gasteiger partial charge in [-0.15, -0.1) is 0 Å². The average molecular weight is 377 g/mol. The van der Waals surface area contributed by atoms with E-state index in [1.807, 2.05) is 0 Å². The highest BCUT2D eigenvalue weighted by Crippen LogP contribution is 2.39. The second kappa shape index (κ2) is 6.24. The molecule has 0 N–H and O–H groups in total. The first-order valence-electron chi connectivity index (χ1n) is 7.55. The summed E-state index contributed by atoms with van der Waals surface area (Å²) in [6, 6.07) is 4.63. The Hall–Kier alpha value is -0.820. The van der Waals surface area contributed by atoms with Gasteiger partial charge in [-0.05, 0) is 24.5 Å². The zero-order valence-corrected chi connectivity index (χ0v) is 15.0. The van der Waals surface area contributed by atoms with Crippen molar-refractivity contribution in [3.63, 3.8) is 0 Å². The van der Waals surface area contributed by atoms with E-state index in [0.717, 1.165) is 6.42 Å². The summed E-state index contributed by atoms with van der Waals surface area (Å²) in [6.07, 6.45) is 0.937. The molecule has 0 radical (unpaired) electrons. The van der Waals surface area contributed by atoms with Crippen LogP contribution in [-0.2, 0) is 14.8 Å². The topological polar surface area (TPSA) is 57.7 Å². The molecule has 2 atom stereocenters. The van der Waals surface area contributed by atoms with Crippen LogP contribution >= 0.6 is 23.2 Å². The molecule has 2 aliphatic rings. The lowest BCUT2D eigenvalue weighted by molar-refractivity contribution is -0.134. The normalized spacial score (nSPS) is 25.4. The molecule has 8 heteroatoms. The first-order chi connectivity index (χ1) is 10.8. The SMILES string of the molecule is C[C@H]1C[C@@H]1C(=O)N1CCN(S(=O)(=O)c2c(Cl)cccc2Cl)CC1. The molecule has 1 saturated heterocycles. The van der Waals surface area contributed by atoms with Crippen LogP contribution in [-0.4, -0.2) is 49.7 Å². The minimum Gasteiger partial charge on any atom is -0.340 e. The van der Waals surface area contributed by atoms with Gasteiger partial charge in [0.25, 0.3) is 0 Å². The third-order valence-electron chi connectivity index (χ3n) is 4.49. The highest BCUT2D eigenvalue weighted by Gasteiger charge is 2.42. The lowest BCUT2D eigenvalue weighted by Crippen LogP contribution is -2.51. The molecule has 0 bridgehead atoms. The first kappa shape index (κ1) is 17.0. The molecule has 5 nitrogen and oxygen atoms in total. The molecule has 1 aromatic rings. The standard InChI is InChI=1S/C15H18Cl2N2O3S/c1-10-9-11(10)15(20)18-5-7-19(8-6-18)23(21,22)14-12(16)3-2-4-13(14)17/h2-4,10-11H,5-9H2,1H3/t10-,11-/m0/s1. The van der Waals surface area contributed by atoms with Crippen molar-refractivity contribution in [1.29, 1.82) is 0 Å². The second-order valence-electron chi connectivity index (χ2n) is 6.10. The van der Waals surface area contributed by atoms with Gasteiger partial charge in [-0.25, -0.2) is 8.42 Å². The Bertz CT molecular complexity index is 710. The molecular weight excluding hydrogens is 359 g/mol. The fourth-order valence-corrected chi connectivity index (χ4v) is 5.42. The van der Waals surface area contributed by atoms with Crippen LogP contribution in [0.3, 0.4) is 0 Å². The first-order valence-corrected chi connectivity index (χ1v) is 9.75. The van der Waals surface area contributed by atoms with Gasteiger partial charge in [-0.2, -0.15) is 4.31 Å². The fraction of sp³-hybridized carbons (Fsp3) is 0.533. The molecule has 1 aliphatic carbocycles. The number of halogens is 2. The Balaban J connectivity index is 1.73. The summed E-state index contributed by atoms with van der Waals surface area (Å²) in [7, 11) is -3.76. The van der Waals surface area contributed by atoms with Crippen molar-refractivity contribution in [1.82, 2.24) is 9.21 Å². The van der Waals surface area contributed by atoms with Gasteiger partial charge >= 0.3 is 0 Å². The molecule has 126 valence electrons. The lowest BCUT2D eigenvalue weighted by Gasteiger charge is -2.34. The summed E-state index contributed by atoms with van der Waals surface area (Å²) < 4.78 is 26.9. The number of hydrogen-bond donors (Lipinski definition) is 0. The number of rotatable bonds is 3. The van der Waals surface area contributed by atoms with E-state index in [1.165, 1.54) is 16.4 Å². The van der Waals surface area contributed by atoms with E-state index in [0.29, 0.717) is 19.0 Å². The Labute approximate surface area is 146 Å². The van der Waals surface area contributed by atoms with Crippen LogP contribution in [0.5, 0.6) is 0 Å². The van der Waals surface area contributed by atoms with Gasteiger partial charge in [0, 0.05) is 32.1 Å². The van der Waals surface area contributed by atoms with Crippen LogP contribution < -0.4 is 0 Å². The number of amides is 1. The van der Waals surface area contributed by atoms with Crippen LogP contribution in [0.15, 0.2) is 23.1 Å². The highest BCUT2D eigenvalue weighted by atomic mass is 35.5. The number of carbonyl (C=O) groups is 1. The van der Waals surface area contributed by atoms with Crippen LogP contribution in [0.1, 0.15) is 13.3 Å². The maximum Gasteiger partial charge on any atom is 0.246 e. The van der Waals surface area contributed by atoms with E-state index < -0.39 is 10.0 Å². The Morgan fingerprint density at radius 3 is 2.13 bits per heavy atom. The number of sulfonamides is 1. The van der Waals surface area contributed by atoms with Gasteiger partial charge in [0.05, 0.1) is 10.0 Å². The second-order valence-corrected chi connectivity index (χ2v) is 8.79. The molecule has 1 aromatic carbocycles. The minimum absolute atomic E-state index is 0.0566. The van der Waals surface area contributed by atoms with Crippen molar-refractivity contribution in [2.45, 2.75) is 18.2 Å². The Morgan fingerprint density at radius 2 is 1.65 bits per heavy atom. The van der Waals surface area contributed by atoms with Crippen molar-refractivity contribution in [2.75, 3.05) is 26.2 Å². The monoisotopic (exact) mass is 376 g/mol. The summed E-state index contributed by atoms with van der Waals surface area (Å²) in [5.74, 6) is 0.715. The largest absolute Gasteiger partial charge is 0.340 e. The van der Waals surface area contributed by atoms with Gasteiger partial charge in [0.15, 0.2) is 0 Å². The number of piperazine rings is 1. The zero-order valence-electron chi connectivity index (χ0n) is 12.7. The van der Waals surface area contributed by atoms with Crippen LogP contribution in [0, 0.1) is 11.8 Å². The summed E-state index contributed by atoms with van der Waals surface area (Å²) in [5.41, 5.74) is 0. The van der Waals surface area contributed by atoms with E-state index >= 15 is 0 Å². The number of nitrogens with zero attached hydrogens (tertiary/aromatic N) is 2.